The first-order valence-corrected chi connectivity index (χ1v) is 7.70. The summed E-state index contributed by atoms with van der Waals surface area (Å²) < 4.78 is 5.47. The van der Waals surface area contributed by atoms with Crippen LogP contribution in [0.25, 0.3) is 0 Å². The molecule has 124 valence electrons. The van der Waals surface area contributed by atoms with Crippen molar-refractivity contribution < 1.29 is 19.2 Å². The van der Waals surface area contributed by atoms with E-state index in [4.69, 9.17) is 16.3 Å². The molecule has 0 radical (unpaired) electrons. The zero-order valence-electron chi connectivity index (χ0n) is 12.0. The van der Waals surface area contributed by atoms with Gasteiger partial charge in [0.15, 0.2) is 6.61 Å². The number of ether oxygens (including phenoxy) is 1. The average Bonchev–Trinajstić information content (AvgIpc) is 2.56. The van der Waals surface area contributed by atoms with Crippen molar-refractivity contribution in [2.75, 3.05) is 11.9 Å². The van der Waals surface area contributed by atoms with E-state index >= 15 is 0 Å². The molecule has 1 amide bonds. The molecule has 9 heteroatoms. The number of nitrogens with one attached hydrogen (secondary N) is 1. The third-order valence-electron chi connectivity index (χ3n) is 2.85. The molecule has 2 rings (SSSR count). The number of nitrogens with zero attached hydrogens (tertiary/aromatic N) is 1. The smallest absolute Gasteiger partial charge is 0.338 e. The Hall–Kier alpha value is -2.45. The second kappa shape index (κ2) is 7.89. The van der Waals surface area contributed by atoms with E-state index in [0.29, 0.717) is 15.2 Å². The van der Waals surface area contributed by atoms with E-state index in [1.165, 1.54) is 24.3 Å². The third kappa shape index (κ3) is 4.77. The summed E-state index contributed by atoms with van der Waals surface area (Å²) in [5.74, 6) is -1.28. The molecule has 0 heterocycles. The number of non-ortho nitro benzene ring substituents is 1. The summed E-state index contributed by atoms with van der Waals surface area (Å²) in [6, 6.07) is 9.69. The molecule has 0 aliphatic carbocycles. The standard InChI is InChI=1S/C15H10BrClN2O5/c16-12-7-10(3-6-13(12)17)18-14(20)8-24-15(21)9-1-4-11(5-2-9)19(22)23/h1-7H,8H2,(H,18,20). The summed E-state index contributed by atoms with van der Waals surface area (Å²) >= 11 is 9.08. The Morgan fingerprint density at radius 2 is 1.88 bits per heavy atom. The molecule has 7 nitrogen and oxygen atoms in total. The highest BCUT2D eigenvalue weighted by Crippen LogP contribution is 2.25. The molecule has 0 aromatic heterocycles. The van der Waals surface area contributed by atoms with Crippen LogP contribution in [0.3, 0.4) is 0 Å². The Kier molecular flexibility index (Phi) is 5.88. The second-order valence-electron chi connectivity index (χ2n) is 4.56. The van der Waals surface area contributed by atoms with Crippen molar-refractivity contribution in [3.63, 3.8) is 0 Å². The van der Waals surface area contributed by atoms with Crippen molar-refractivity contribution in [3.05, 3.63) is 67.6 Å². The molecular formula is C15H10BrClN2O5. The van der Waals surface area contributed by atoms with Crippen LogP contribution in [0, 0.1) is 10.1 Å². The molecule has 2 aromatic carbocycles. The molecule has 0 aliphatic rings. The fraction of sp³-hybridized carbons (Fsp3) is 0.0667. The summed E-state index contributed by atoms with van der Waals surface area (Å²) in [6.07, 6.45) is 0. The van der Waals surface area contributed by atoms with Crippen molar-refractivity contribution >= 4 is 50.8 Å². The normalized spacial score (nSPS) is 10.1. The van der Waals surface area contributed by atoms with Crippen LogP contribution in [0.1, 0.15) is 10.4 Å². The first kappa shape index (κ1) is 17.9. The maximum Gasteiger partial charge on any atom is 0.338 e. The van der Waals surface area contributed by atoms with Gasteiger partial charge in [0.25, 0.3) is 11.6 Å². The van der Waals surface area contributed by atoms with Crippen LogP contribution in [0.4, 0.5) is 11.4 Å². The van der Waals surface area contributed by atoms with Gasteiger partial charge in [0.1, 0.15) is 0 Å². The van der Waals surface area contributed by atoms with Gasteiger partial charge < -0.3 is 10.1 Å². The van der Waals surface area contributed by atoms with Gasteiger partial charge in [0, 0.05) is 22.3 Å². The van der Waals surface area contributed by atoms with Crippen molar-refractivity contribution in [3.8, 4) is 0 Å². The second-order valence-corrected chi connectivity index (χ2v) is 5.82. The van der Waals surface area contributed by atoms with E-state index in [1.807, 2.05) is 0 Å². The number of halogens is 2. The lowest BCUT2D eigenvalue weighted by atomic mass is 10.2. The number of nitro groups is 1. The Bertz CT molecular complexity index is 795. The maximum atomic E-state index is 11.8. The fourth-order valence-electron chi connectivity index (χ4n) is 1.70. The predicted molar refractivity (Wildman–Crippen MR) is 91.2 cm³/mol. The van der Waals surface area contributed by atoms with E-state index < -0.39 is 23.4 Å². The molecule has 0 atom stereocenters. The Balaban J connectivity index is 1.89. The van der Waals surface area contributed by atoms with Gasteiger partial charge in [-0.15, -0.1) is 0 Å². The molecule has 0 bridgehead atoms. The average molecular weight is 414 g/mol. The summed E-state index contributed by atoms with van der Waals surface area (Å²) in [5.41, 5.74) is 0.461. The zero-order valence-corrected chi connectivity index (χ0v) is 14.3. The monoisotopic (exact) mass is 412 g/mol. The minimum atomic E-state index is -0.752. The fourth-order valence-corrected chi connectivity index (χ4v) is 2.20. The van der Waals surface area contributed by atoms with E-state index in [0.717, 1.165) is 0 Å². The highest BCUT2D eigenvalue weighted by molar-refractivity contribution is 9.10. The van der Waals surface area contributed by atoms with Gasteiger partial charge in [0.2, 0.25) is 0 Å². The molecule has 0 fully saturated rings. The Labute approximate surface area is 149 Å². The lowest BCUT2D eigenvalue weighted by Crippen LogP contribution is -2.20. The summed E-state index contributed by atoms with van der Waals surface area (Å²) in [4.78, 5) is 33.5. The number of anilines is 1. The van der Waals surface area contributed by atoms with E-state index in [2.05, 4.69) is 21.2 Å². The molecule has 0 saturated carbocycles. The summed E-state index contributed by atoms with van der Waals surface area (Å²) in [5, 5.41) is 13.6. The van der Waals surface area contributed by atoms with Crippen LogP contribution in [0.5, 0.6) is 0 Å². The van der Waals surface area contributed by atoms with Crippen LogP contribution in [0.15, 0.2) is 46.9 Å². The van der Waals surface area contributed by atoms with Crippen molar-refractivity contribution in [1.29, 1.82) is 0 Å². The largest absolute Gasteiger partial charge is 0.452 e. The molecule has 2 aromatic rings. The number of hydrogen-bond acceptors (Lipinski definition) is 5. The lowest BCUT2D eigenvalue weighted by Gasteiger charge is -2.07. The first-order valence-electron chi connectivity index (χ1n) is 6.53. The highest BCUT2D eigenvalue weighted by atomic mass is 79.9. The van der Waals surface area contributed by atoms with Crippen LogP contribution >= 0.6 is 27.5 Å². The lowest BCUT2D eigenvalue weighted by molar-refractivity contribution is -0.384. The number of amides is 1. The molecule has 24 heavy (non-hydrogen) atoms. The number of carbonyl (C=O) groups is 2. The van der Waals surface area contributed by atoms with Crippen LogP contribution in [-0.4, -0.2) is 23.4 Å². The molecule has 1 N–H and O–H groups in total. The molecular weight excluding hydrogens is 404 g/mol. The number of hydrogen-bond donors (Lipinski definition) is 1. The molecule has 0 spiro atoms. The minimum Gasteiger partial charge on any atom is -0.452 e. The number of carbonyl (C=O) groups excluding carboxylic acids is 2. The third-order valence-corrected chi connectivity index (χ3v) is 4.07. The Morgan fingerprint density at radius 1 is 1.21 bits per heavy atom. The van der Waals surface area contributed by atoms with E-state index in [9.17, 15) is 19.7 Å². The number of rotatable bonds is 5. The van der Waals surface area contributed by atoms with Gasteiger partial charge in [0.05, 0.1) is 15.5 Å². The highest BCUT2D eigenvalue weighted by Gasteiger charge is 2.13. The van der Waals surface area contributed by atoms with E-state index in [-0.39, 0.29) is 11.3 Å². The van der Waals surface area contributed by atoms with E-state index in [1.54, 1.807) is 18.2 Å². The van der Waals surface area contributed by atoms with Crippen LogP contribution in [-0.2, 0) is 9.53 Å². The van der Waals surface area contributed by atoms with Crippen LogP contribution in [0.2, 0.25) is 5.02 Å². The quantitative estimate of drug-likeness (QED) is 0.456. The molecule has 0 aliphatic heterocycles. The molecule has 0 saturated heterocycles. The number of esters is 1. The van der Waals surface area contributed by atoms with Gasteiger partial charge >= 0.3 is 5.97 Å². The Morgan fingerprint density at radius 3 is 2.46 bits per heavy atom. The predicted octanol–water partition coefficient (Wildman–Crippen LogP) is 3.81. The summed E-state index contributed by atoms with van der Waals surface area (Å²) in [6.45, 7) is -0.490. The van der Waals surface area contributed by atoms with Crippen molar-refractivity contribution in [2.45, 2.75) is 0 Å². The molecule has 0 unspecified atom stereocenters. The van der Waals surface area contributed by atoms with Crippen molar-refractivity contribution in [1.82, 2.24) is 0 Å². The van der Waals surface area contributed by atoms with Gasteiger partial charge in [-0.1, -0.05) is 11.6 Å². The first-order chi connectivity index (χ1) is 11.4. The number of nitro benzene ring substituents is 1. The number of benzene rings is 2. The van der Waals surface area contributed by atoms with Gasteiger partial charge in [-0.25, -0.2) is 4.79 Å². The van der Waals surface area contributed by atoms with Gasteiger partial charge in [-0.05, 0) is 46.3 Å². The van der Waals surface area contributed by atoms with Crippen molar-refractivity contribution in [2.24, 2.45) is 0 Å². The topological polar surface area (TPSA) is 98.5 Å². The minimum absolute atomic E-state index is 0.114. The van der Waals surface area contributed by atoms with Crippen LogP contribution < -0.4 is 5.32 Å². The zero-order chi connectivity index (χ0) is 17.7. The van der Waals surface area contributed by atoms with Gasteiger partial charge in [-0.3, -0.25) is 14.9 Å². The maximum absolute atomic E-state index is 11.8. The van der Waals surface area contributed by atoms with Gasteiger partial charge in [-0.2, -0.15) is 0 Å². The SMILES string of the molecule is O=C(COC(=O)c1ccc([N+](=O)[O-])cc1)Nc1ccc(Cl)c(Br)c1. The summed E-state index contributed by atoms with van der Waals surface area (Å²) in [7, 11) is 0.